The van der Waals surface area contributed by atoms with Crippen molar-refractivity contribution in [1.29, 1.82) is 0 Å². The first-order valence-corrected chi connectivity index (χ1v) is 8.94. The van der Waals surface area contributed by atoms with Crippen molar-refractivity contribution in [3.63, 3.8) is 0 Å². The minimum absolute atomic E-state index is 0.158. The molecule has 1 aromatic rings. The number of rotatable bonds is 4. The van der Waals surface area contributed by atoms with Crippen LogP contribution in [0.3, 0.4) is 0 Å². The Hall–Kier alpha value is -2.70. The second kappa shape index (κ2) is 7.27. The zero-order valence-corrected chi connectivity index (χ0v) is 15.0. The van der Waals surface area contributed by atoms with E-state index >= 15 is 0 Å². The van der Waals surface area contributed by atoms with Gasteiger partial charge in [0.15, 0.2) is 0 Å². The lowest BCUT2D eigenvalue weighted by Crippen LogP contribution is -2.46. The number of benzene rings is 1. The Morgan fingerprint density at radius 1 is 1.12 bits per heavy atom. The number of imide groups is 2. The van der Waals surface area contributed by atoms with E-state index in [9.17, 15) is 19.2 Å². The molecule has 1 aliphatic heterocycles. The number of carbonyl (C=O) groups is 4. The molecule has 1 aliphatic carbocycles. The molecule has 1 aromatic carbocycles. The third-order valence-electron chi connectivity index (χ3n) is 5.20. The van der Waals surface area contributed by atoms with Gasteiger partial charge in [0.2, 0.25) is 5.91 Å². The first-order valence-electron chi connectivity index (χ1n) is 8.94. The average molecular weight is 357 g/mol. The number of nitrogens with one attached hydrogen (secondary N) is 1. The zero-order chi connectivity index (χ0) is 18.8. The van der Waals surface area contributed by atoms with E-state index in [4.69, 9.17) is 0 Å². The van der Waals surface area contributed by atoms with Crippen LogP contribution in [0, 0.1) is 12.8 Å². The SMILES string of the molecule is Cc1ccccc1NC(=O)CN1C(=O)C(=O)N([C@H]2CCCC[C@@H]2C)C1=O. The summed E-state index contributed by atoms with van der Waals surface area (Å²) in [4.78, 5) is 51.4. The number of aryl methyl sites for hydroxylation is 1. The number of nitrogens with zero attached hydrogens (tertiary/aromatic N) is 2. The van der Waals surface area contributed by atoms with Gasteiger partial charge in [-0.1, -0.05) is 38.0 Å². The molecule has 0 spiro atoms. The van der Waals surface area contributed by atoms with E-state index in [1.807, 2.05) is 26.0 Å². The van der Waals surface area contributed by atoms with Crippen molar-refractivity contribution >= 4 is 29.4 Å². The number of hydrogen-bond acceptors (Lipinski definition) is 4. The maximum Gasteiger partial charge on any atom is 0.334 e. The van der Waals surface area contributed by atoms with Gasteiger partial charge in [-0.2, -0.15) is 0 Å². The molecule has 1 heterocycles. The van der Waals surface area contributed by atoms with Gasteiger partial charge in [0.25, 0.3) is 0 Å². The van der Waals surface area contributed by atoms with Crippen molar-refractivity contribution in [3.05, 3.63) is 29.8 Å². The maximum absolute atomic E-state index is 12.7. The zero-order valence-electron chi connectivity index (χ0n) is 15.0. The molecule has 7 nitrogen and oxygen atoms in total. The van der Waals surface area contributed by atoms with Crippen LogP contribution >= 0.6 is 0 Å². The topological polar surface area (TPSA) is 86.8 Å². The van der Waals surface area contributed by atoms with E-state index in [1.54, 1.807) is 12.1 Å². The summed E-state index contributed by atoms with van der Waals surface area (Å²) in [5.41, 5.74) is 1.48. The van der Waals surface area contributed by atoms with Crippen molar-refractivity contribution in [2.75, 3.05) is 11.9 Å². The highest BCUT2D eigenvalue weighted by Crippen LogP contribution is 2.31. The lowest BCUT2D eigenvalue weighted by molar-refractivity contribution is -0.145. The first-order chi connectivity index (χ1) is 12.4. The summed E-state index contributed by atoms with van der Waals surface area (Å²) in [6, 6.07) is 6.26. The predicted octanol–water partition coefficient (Wildman–Crippen LogP) is 2.30. The number of urea groups is 1. The van der Waals surface area contributed by atoms with E-state index in [2.05, 4.69) is 5.32 Å². The fraction of sp³-hybridized carbons (Fsp3) is 0.474. The molecule has 1 N–H and O–H groups in total. The van der Waals surface area contributed by atoms with Crippen molar-refractivity contribution in [2.24, 2.45) is 5.92 Å². The number of amides is 5. The fourth-order valence-corrected chi connectivity index (χ4v) is 3.68. The molecule has 7 heteroatoms. The number of anilines is 1. The summed E-state index contributed by atoms with van der Waals surface area (Å²) < 4.78 is 0. The van der Waals surface area contributed by atoms with Gasteiger partial charge in [0.1, 0.15) is 6.54 Å². The van der Waals surface area contributed by atoms with Crippen LogP contribution in [0.1, 0.15) is 38.2 Å². The van der Waals surface area contributed by atoms with Crippen LogP contribution in [0.15, 0.2) is 24.3 Å². The molecular weight excluding hydrogens is 334 g/mol. The minimum Gasteiger partial charge on any atom is -0.324 e. The van der Waals surface area contributed by atoms with Crippen molar-refractivity contribution in [3.8, 4) is 0 Å². The quantitative estimate of drug-likeness (QED) is 0.662. The Balaban J connectivity index is 1.71. The Morgan fingerprint density at radius 2 is 1.81 bits per heavy atom. The molecule has 3 rings (SSSR count). The van der Waals surface area contributed by atoms with E-state index in [-0.39, 0.29) is 12.0 Å². The van der Waals surface area contributed by atoms with Gasteiger partial charge in [0, 0.05) is 11.7 Å². The Morgan fingerprint density at radius 3 is 2.50 bits per heavy atom. The second-order valence-electron chi connectivity index (χ2n) is 7.04. The molecule has 138 valence electrons. The predicted molar refractivity (Wildman–Crippen MR) is 95.2 cm³/mol. The lowest BCUT2D eigenvalue weighted by atomic mass is 9.85. The van der Waals surface area contributed by atoms with Crippen LogP contribution in [0.5, 0.6) is 0 Å². The van der Waals surface area contributed by atoms with E-state index < -0.39 is 30.3 Å². The fourth-order valence-electron chi connectivity index (χ4n) is 3.68. The molecule has 0 aromatic heterocycles. The van der Waals surface area contributed by atoms with Gasteiger partial charge in [-0.15, -0.1) is 0 Å². The minimum atomic E-state index is -0.923. The average Bonchev–Trinajstić information content (AvgIpc) is 2.81. The number of hydrogen-bond donors (Lipinski definition) is 1. The second-order valence-corrected chi connectivity index (χ2v) is 7.04. The molecule has 2 fully saturated rings. The number of carbonyl (C=O) groups excluding carboxylic acids is 4. The van der Waals surface area contributed by atoms with Crippen LogP contribution in [-0.2, 0) is 14.4 Å². The molecular formula is C19H23N3O4. The Bertz CT molecular complexity index is 761. The van der Waals surface area contributed by atoms with Crippen molar-refractivity contribution in [2.45, 2.75) is 45.6 Å². The van der Waals surface area contributed by atoms with Gasteiger partial charge in [-0.3, -0.25) is 19.3 Å². The third-order valence-corrected chi connectivity index (χ3v) is 5.20. The van der Waals surface area contributed by atoms with Crippen LogP contribution in [0.4, 0.5) is 10.5 Å². The Labute approximate surface area is 152 Å². The largest absolute Gasteiger partial charge is 0.334 e. The number of para-hydroxylation sites is 1. The molecule has 1 saturated carbocycles. The molecule has 5 amide bonds. The molecule has 0 bridgehead atoms. The summed E-state index contributed by atoms with van der Waals surface area (Å²) in [5.74, 6) is -2.09. The van der Waals surface area contributed by atoms with Gasteiger partial charge in [0.05, 0.1) is 0 Å². The first kappa shape index (κ1) is 18.1. The monoisotopic (exact) mass is 357 g/mol. The highest BCUT2D eigenvalue weighted by atomic mass is 16.2. The summed E-state index contributed by atoms with van der Waals surface area (Å²) >= 11 is 0. The van der Waals surface area contributed by atoms with Crippen molar-refractivity contribution < 1.29 is 19.2 Å². The van der Waals surface area contributed by atoms with Gasteiger partial charge >= 0.3 is 17.8 Å². The highest BCUT2D eigenvalue weighted by molar-refractivity contribution is 6.45. The normalized spacial score (nSPS) is 23.5. The third kappa shape index (κ3) is 3.34. The molecule has 0 unspecified atom stereocenters. The summed E-state index contributed by atoms with van der Waals surface area (Å²) in [6.45, 7) is 3.37. The van der Waals surface area contributed by atoms with Crippen LogP contribution in [-0.4, -0.2) is 46.1 Å². The van der Waals surface area contributed by atoms with Crippen LogP contribution in [0.2, 0.25) is 0 Å². The van der Waals surface area contributed by atoms with Crippen molar-refractivity contribution in [1.82, 2.24) is 9.80 Å². The summed E-state index contributed by atoms with van der Waals surface area (Å²) in [6.07, 6.45) is 3.61. The maximum atomic E-state index is 12.7. The lowest BCUT2D eigenvalue weighted by Gasteiger charge is -2.34. The van der Waals surface area contributed by atoms with Gasteiger partial charge in [-0.05, 0) is 37.3 Å². The summed E-state index contributed by atoms with van der Waals surface area (Å²) in [7, 11) is 0. The van der Waals surface area contributed by atoms with Gasteiger partial charge < -0.3 is 5.32 Å². The molecule has 26 heavy (non-hydrogen) atoms. The van der Waals surface area contributed by atoms with E-state index in [1.165, 1.54) is 0 Å². The Kier molecular flexibility index (Phi) is 5.06. The standard InChI is InChI=1S/C19H23N3O4/c1-12-7-3-5-9-14(12)20-16(23)11-21-17(24)18(25)22(19(21)26)15-10-6-4-8-13(15)2/h3,5,7,9,13,15H,4,6,8,10-11H2,1-2H3,(H,20,23)/t13-,15-/m0/s1. The van der Waals surface area contributed by atoms with E-state index in [0.717, 1.165) is 34.6 Å². The summed E-state index contributed by atoms with van der Waals surface area (Å²) in [5, 5.41) is 2.68. The molecule has 2 aliphatic rings. The van der Waals surface area contributed by atoms with Crippen LogP contribution < -0.4 is 5.32 Å². The smallest absolute Gasteiger partial charge is 0.324 e. The highest BCUT2D eigenvalue weighted by Gasteiger charge is 2.49. The molecule has 0 radical (unpaired) electrons. The molecule has 1 saturated heterocycles. The van der Waals surface area contributed by atoms with E-state index in [0.29, 0.717) is 12.1 Å². The molecule has 2 atom stereocenters. The van der Waals surface area contributed by atoms with Crippen LogP contribution in [0.25, 0.3) is 0 Å². The van der Waals surface area contributed by atoms with Gasteiger partial charge in [-0.25, -0.2) is 9.69 Å².